The first kappa shape index (κ1) is 14.9. The van der Waals surface area contributed by atoms with Crippen LogP contribution in [0.1, 0.15) is 20.1 Å². The molecule has 0 fully saturated rings. The fraction of sp³-hybridized carbons (Fsp3) is 0.158. The second-order valence-electron chi connectivity index (χ2n) is 5.75. The Morgan fingerprint density at radius 2 is 2.00 bits per heavy atom. The van der Waals surface area contributed by atoms with Crippen molar-refractivity contribution in [2.75, 3.05) is 11.4 Å². The zero-order chi connectivity index (χ0) is 16.7. The normalized spacial score (nSPS) is 13.1. The zero-order valence-corrected chi connectivity index (χ0v) is 13.9. The molecule has 0 aliphatic carbocycles. The van der Waals surface area contributed by atoms with E-state index in [1.54, 1.807) is 11.0 Å². The number of hydrogen-bond donors (Lipinski definition) is 0. The number of nitrogens with zero attached hydrogens (tertiary/aromatic N) is 1. The predicted octanol–water partition coefficient (Wildman–Crippen LogP) is 3.95. The summed E-state index contributed by atoms with van der Waals surface area (Å²) in [5.41, 5.74) is 1.96. The van der Waals surface area contributed by atoms with Crippen molar-refractivity contribution in [3.05, 3.63) is 57.8 Å². The molecule has 3 aromatic rings. The van der Waals surface area contributed by atoms with Gasteiger partial charge in [-0.25, -0.2) is 0 Å². The largest absolute Gasteiger partial charge is 0.428 e. The minimum Gasteiger partial charge on any atom is -0.428 e. The number of anilines is 1. The molecule has 0 unspecified atom stereocenters. The summed E-state index contributed by atoms with van der Waals surface area (Å²) in [6.07, 6.45) is 0.799. The van der Waals surface area contributed by atoms with E-state index in [9.17, 15) is 9.59 Å². The lowest BCUT2D eigenvalue weighted by atomic mass is 10.0. The van der Waals surface area contributed by atoms with E-state index in [1.165, 1.54) is 11.3 Å². The van der Waals surface area contributed by atoms with Gasteiger partial charge in [0, 0.05) is 22.9 Å². The quantitative estimate of drug-likeness (QED) is 0.680. The number of aryl methyl sites for hydroxylation is 1. The molecule has 1 amide bonds. The van der Waals surface area contributed by atoms with E-state index in [1.807, 2.05) is 43.3 Å². The maximum atomic E-state index is 12.9. The number of carbonyl (C=O) groups is 2. The zero-order valence-electron chi connectivity index (χ0n) is 13.1. The van der Waals surface area contributed by atoms with Gasteiger partial charge in [0.05, 0.1) is 10.6 Å². The third-order valence-electron chi connectivity index (χ3n) is 4.34. The lowest BCUT2D eigenvalue weighted by Gasteiger charge is -2.18. The Bertz CT molecular complexity index is 960. The number of carbonyl (C=O) groups excluding carboxylic acids is 2. The van der Waals surface area contributed by atoms with Crippen molar-refractivity contribution in [1.82, 2.24) is 0 Å². The molecule has 2 heterocycles. The van der Waals surface area contributed by atoms with Crippen molar-refractivity contribution in [1.29, 1.82) is 0 Å². The number of thiophene rings is 1. The molecule has 2 aromatic carbocycles. The highest BCUT2D eigenvalue weighted by molar-refractivity contribution is 7.14. The molecule has 0 N–H and O–H groups in total. The van der Waals surface area contributed by atoms with Crippen molar-refractivity contribution in [2.24, 2.45) is 0 Å². The third kappa shape index (κ3) is 2.29. The second-order valence-corrected chi connectivity index (χ2v) is 7.04. The molecule has 5 heteroatoms. The van der Waals surface area contributed by atoms with Crippen LogP contribution in [-0.2, 0) is 11.2 Å². The maximum Gasteiger partial charge on any atom is 0.298 e. The lowest BCUT2D eigenvalue weighted by Crippen LogP contribution is -2.28. The van der Waals surface area contributed by atoms with Gasteiger partial charge in [0.15, 0.2) is 0 Å². The van der Waals surface area contributed by atoms with Crippen LogP contribution in [0.4, 0.5) is 5.69 Å². The second kappa shape index (κ2) is 5.76. The van der Waals surface area contributed by atoms with Crippen LogP contribution >= 0.6 is 11.3 Å². The van der Waals surface area contributed by atoms with Gasteiger partial charge in [-0.2, -0.15) is 0 Å². The van der Waals surface area contributed by atoms with Crippen LogP contribution in [0, 0.1) is 6.92 Å². The highest BCUT2D eigenvalue weighted by Crippen LogP contribution is 2.40. The molecule has 4 rings (SSSR count). The molecule has 0 bridgehead atoms. The minimum atomic E-state index is -0.000755. The van der Waals surface area contributed by atoms with Crippen LogP contribution in [0.2, 0.25) is 0 Å². The average molecular weight is 337 g/mol. The van der Waals surface area contributed by atoms with Crippen LogP contribution in [0.25, 0.3) is 10.8 Å². The van der Waals surface area contributed by atoms with Crippen LogP contribution in [0.5, 0.6) is 5.75 Å². The van der Waals surface area contributed by atoms with E-state index in [4.69, 9.17) is 4.74 Å². The Morgan fingerprint density at radius 3 is 2.71 bits per heavy atom. The van der Waals surface area contributed by atoms with E-state index in [2.05, 4.69) is 0 Å². The molecule has 24 heavy (non-hydrogen) atoms. The fourth-order valence-corrected chi connectivity index (χ4v) is 4.10. The first-order valence-electron chi connectivity index (χ1n) is 7.72. The Kier molecular flexibility index (Phi) is 3.58. The highest BCUT2D eigenvalue weighted by atomic mass is 32.1. The van der Waals surface area contributed by atoms with Crippen molar-refractivity contribution in [2.45, 2.75) is 13.3 Å². The fourth-order valence-electron chi connectivity index (χ4n) is 3.28. The average Bonchev–Trinajstić information content (AvgIpc) is 3.21. The molecule has 0 saturated heterocycles. The van der Waals surface area contributed by atoms with Crippen LogP contribution in [0.15, 0.2) is 42.5 Å². The van der Waals surface area contributed by atoms with Gasteiger partial charge < -0.3 is 9.64 Å². The predicted molar refractivity (Wildman–Crippen MR) is 95.1 cm³/mol. The molecule has 1 aromatic heterocycles. The Labute approximate surface area is 143 Å². The standard InChI is InChI=1S/C19H15NO3S/c1-12-6-7-18(24-12)19(22)20-9-8-14-13-4-2-3-5-15(13)17(23-11-21)10-16(14)20/h2-7,10-11H,8-9H2,1H3. The summed E-state index contributed by atoms with van der Waals surface area (Å²) < 4.78 is 5.17. The Morgan fingerprint density at radius 1 is 1.21 bits per heavy atom. The number of benzene rings is 2. The van der Waals surface area contributed by atoms with E-state index in [0.29, 0.717) is 18.8 Å². The van der Waals surface area contributed by atoms with Crippen LogP contribution in [0.3, 0.4) is 0 Å². The van der Waals surface area contributed by atoms with Crippen molar-refractivity contribution >= 4 is 40.2 Å². The molecule has 0 radical (unpaired) electrons. The lowest BCUT2D eigenvalue weighted by molar-refractivity contribution is -0.120. The van der Waals surface area contributed by atoms with E-state index in [-0.39, 0.29) is 5.91 Å². The minimum absolute atomic E-state index is 0.000755. The molecular formula is C19H15NO3S. The molecule has 1 aliphatic rings. The number of ether oxygens (including phenoxy) is 1. The molecular weight excluding hydrogens is 322 g/mol. The SMILES string of the molecule is Cc1ccc(C(=O)N2CCc3c2cc(OC=O)c2ccccc32)s1. The molecule has 120 valence electrons. The van der Waals surface area contributed by atoms with Gasteiger partial charge in [-0.3, -0.25) is 9.59 Å². The third-order valence-corrected chi connectivity index (χ3v) is 5.33. The highest BCUT2D eigenvalue weighted by Gasteiger charge is 2.29. The van der Waals surface area contributed by atoms with Gasteiger partial charge >= 0.3 is 0 Å². The number of amides is 1. The van der Waals surface area contributed by atoms with E-state index >= 15 is 0 Å². The Balaban J connectivity index is 1.85. The molecule has 1 aliphatic heterocycles. The van der Waals surface area contributed by atoms with Crippen molar-refractivity contribution in [3.8, 4) is 5.75 Å². The first-order valence-corrected chi connectivity index (χ1v) is 8.54. The van der Waals surface area contributed by atoms with Gasteiger partial charge in [-0.15, -0.1) is 11.3 Å². The maximum absolute atomic E-state index is 12.9. The molecule has 0 saturated carbocycles. The molecule has 4 nitrogen and oxygen atoms in total. The topological polar surface area (TPSA) is 46.6 Å². The number of rotatable bonds is 3. The monoisotopic (exact) mass is 337 g/mol. The summed E-state index contributed by atoms with van der Waals surface area (Å²) in [4.78, 5) is 27.3. The molecule has 0 spiro atoms. The number of hydrogen-bond acceptors (Lipinski definition) is 4. The summed E-state index contributed by atoms with van der Waals surface area (Å²) in [5.74, 6) is 0.487. The molecule has 0 atom stereocenters. The van der Waals surface area contributed by atoms with Gasteiger partial charge in [0.25, 0.3) is 12.4 Å². The summed E-state index contributed by atoms with van der Waals surface area (Å²) in [6, 6.07) is 13.4. The summed E-state index contributed by atoms with van der Waals surface area (Å²) in [5, 5.41) is 1.93. The van der Waals surface area contributed by atoms with Gasteiger partial charge in [-0.1, -0.05) is 24.3 Å². The van der Waals surface area contributed by atoms with Gasteiger partial charge in [0.2, 0.25) is 0 Å². The summed E-state index contributed by atoms with van der Waals surface area (Å²) in [7, 11) is 0. The smallest absolute Gasteiger partial charge is 0.298 e. The van der Waals surface area contributed by atoms with Crippen LogP contribution in [-0.4, -0.2) is 18.9 Å². The van der Waals surface area contributed by atoms with Crippen molar-refractivity contribution in [3.63, 3.8) is 0 Å². The van der Waals surface area contributed by atoms with Crippen LogP contribution < -0.4 is 9.64 Å². The van der Waals surface area contributed by atoms with Crippen molar-refractivity contribution < 1.29 is 14.3 Å². The first-order chi connectivity index (χ1) is 11.7. The Hall–Kier alpha value is -2.66. The summed E-state index contributed by atoms with van der Waals surface area (Å²) >= 11 is 1.50. The summed E-state index contributed by atoms with van der Waals surface area (Å²) in [6.45, 7) is 3.06. The van der Waals surface area contributed by atoms with Gasteiger partial charge in [-0.05, 0) is 36.4 Å². The number of fused-ring (bicyclic) bond motifs is 3. The van der Waals surface area contributed by atoms with E-state index in [0.717, 1.165) is 38.2 Å². The van der Waals surface area contributed by atoms with E-state index < -0.39 is 0 Å². The van der Waals surface area contributed by atoms with Gasteiger partial charge in [0.1, 0.15) is 5.75 Å².